The summed E-state index contributed by atoms with van der Waals surface area (Å²) in [5.74, 6) is 0.151. The van der Waals surface area contributed by atoms with Crippen LogP contribution in [-0.2, 0) is 22.5 Å². The van der Waals surface area contributed by atoms with Crippen LogP contribution in [0.3, 0.4) is 0 Å². The topological polar surface area (TPSA) is 67.9 Å². The molecule has 1 aliphatic rings. The second kappa shape index (κ2) is 9.21. The molecule has 2 heterocycles. The van der Waals surface area contributed by atoms with Gasteiger partial charge in [0.1, 0.15) is 10.8 Å². The van der Waals surface area contributed by atoms with Crippen LogP contribution in [0, 0.1) is 0 Å². The van der Waals surface area contributed by atoms with Crippen LogP contribution in [0.25, 0.3) is 0 Å². The number of thiophene rings is 1. The molecular weight excluding hydrogens is 376 g/mol. The maximum atomic E-state index is 12.4. The fourth-order valence-electron chi connectivity index (χ4n) is 3.24. The first-order chi connectivity index (χ1) is 13.5. The van der Waals surface area contributed by atoms with Crippen LogP contribution in [0.4, 0.5) is 5.00 Å². The van der Waals surface area contributed by atoms with E-state index in [2.05, 4.69) is 24.1 Å². The highest BCUT2D eigenvalue weighted by atomic mass is 32.1. The van der Waals surface area contributed by atoms with Crippen molar-refractivity contribution in [2.24, 2.45) is 0 Å². The number of methoxy groups -OCH3 is 1. The molecular formula is C21H26N2O4S. The molecule has 3 rings (SSSR count). The van der Waals surface area contributed by atoms with Crippen LogP contribution in [-0.4, -0.2) is 43.1 Å². The maximum absolute atomic E-state index is 12.4. The second-order valence-electron chi connectivity index (χ2n) is 6.97. The van der Waals surface area contributed by atoms with E-state index >= 15 is 0 Å². The Bertz CT molecular complexity index is 832. The number of rotatable bonds is 7. The highest BCUT2D eigenvalue weighted by Gasteiger charge is 2.29. The summed E-state index contributed by atoms with van der Waals surface area (Å²) in [6.07, 6.45) is 0.984. The van der Waals surface area contributed by atoms with E-state index in [0.29, 0.717) is 16.6 Å². The average Bonchev–Trinajstić information content (AvgIpc) is 3.05. The predicted molar refractivity (Wildman–Crippen MR) is 110 cm³/mol. The van der Waals surface area contributed by atoms with Crippen LogP contribution in [0.2, 0.25) is 0 Å². The van der Waals surface area contributed by atoms with Gasteiger partial charge in [-0.1, -0.05) is 18.2 Å². The smallest absolute Gasteiger partial charge is 0.341 e. The lowest BCUT2D eigenvalue weighted by Crippen LogP contribution is -2.35. The number of carbonyl (C=O) groups excluding carboxylic acids is 2. The number of anilines is 1. The number of benzene rings is 1. The number of hydrogen-bond acceptors (Lipinski definition) is 6. The molecule has 0 radical (unpaired) electrons. The summed E-state index contributed by atoms with van der Waals surface area (Å²) in [5.41, 5.74) is 1.51. The van der Waals surface area contributed by atoms with Gasteiger partial charge in [-0.05, 0) is 38.0 Å². The lowest BCUT2D eigenvalue weighted by atomic mass is 10.0. The number of nitrogens with zero attached hydrogens (tertiary/aromatic N) is 1. The molecule has 0 atom stereocenters. The van der Waals surface area contributed by atoms with Gasteiger partial charge in [0.25, 0.3) is 0 Å². The summed E-state index contributed by atoms with van der Waals surface area (Å²) in [7, 11) is 1.37. The molecule has 1 amide bonds. The Morgan fingerprint density at radius 1 is 1.25 bits per heavy atom. The van der Waals surface area contributed by atoms with Crippen molar-refractivity contribution in [1.82, 2.24) is 4.90 Å². The summed E-state index contributed by atoms with van der Waals surface area (Å²) < 4.78 is 10.6. The largest absolute Gasteiger partial charge is 0.493 e. The van der Waals surface area contributed by atoms with Crippen molar-refractivity contribution in [1.29, 1.82) is 0 Å². The minimum absolute atomic E-state index is 0.180. The normalized spacial score (nSPS) is 13.9. The Morgan fingerprint density at radius 3 is 2.68 bits per heavy atom. The van der Waals surface area contributed by atoms with E-state index in [-0.39, 0.29) is 18.9 Å². The first-order valence-corrected chi connectivity index (χ1v) is 10.3. The van der Waals surface area contributed by atoms with E-state index in [4.69, 9.17) is 9.47 Å². The van der Waals surface area contributed by atoms with Crippen molar-refractivity contribution < 1.29 is 19.1 Å². The number of fused-ring (bicyclic) bond motifs is 1. The first-order valence-electron chi connectivity index (χ1n) is 9.44. The van der Waals surface area contributed by atoms with Gasteiger partial charge in [0.2, 0.25) is 5.91 Å². The van der Waals surface area contributed by atoms with Gasteiger partial charge >= 0.3 is 5.97 Å². The molecule has 0 spiro atoms. The Hall–Kier alpha value is -2.38. The summed E-state index contributed by atoms with van der Waals surface area (Å²) in [4.78, 5) is 28.2. The summed E-state index contributed by atoms with van der Waals surface area (Å²) in [5, 5.41) is 3.47. The van der Waals surface area contributed by atoms with Crippen LogP contribution in [0.5, 0.6) is 5.75 Å². The van der Waals surface area contributed by atoms with Crippen molar-refractivity contribution in [3.63, 3.8) is 0 Å². The van der Waals surface area contributed by atoms with Gasteiger partial charge in [0.05, 0.1) is 25.7 Å². The zero-order chi connectivity index (χ0) is 20.1. The SMILES string of the molecule is COC(=O)c1c(NC(=O)CCOc2ccccc2)sc2c1CCN(C(C)C)C2. The van der Waals surface area contributed by atoms with Crippen LogP contribution in [0.1, 0.15) is 41.1 Å². The molecule has 0 saturated carbocycles. The quantitative estimate of drug-likeness (QED) is 0.715. The number of amides is 1. The molecule has 0 aliphatic carbocycles. The number of hydrogen-bond donors (Lipinski definition) is 1. The molecule has 0 saturated heterocycles. The van der Waals surface area contributed by atoms with Gasteiger partial charge in [-0.2, -0.15) is 0 Å². The summed E-state index contributed by atoms with van der Waals surface area (Å²) in [6, 6.07) is 9.81. The van der Waals surface area contributed by atoms with E-state index in [1.54, 1.807) is 0 Å². The van der Waals surface area contributed by atoms with Crippen LogP contribution >= 0.6 is 11.3 Å². The number of para-hydroxylation sites is 1. The highest BCUT2D eigenvalue weighted by Crippen LogP contribution is 2.38. The molecule has 0 bridgehead atoms. The number of nitrogens with one attached hydrogen (secondary N) is 1. The fraction of sp³-hybridized carbons (Fsp3) is 0.429. The molecule has 150 valence electrons. The maximum Gasteiger partial charge on any atom is 0.341 e. The molecule has 28 heavy (non-hydrogen) atoms. The van der Waals surface area contributed by atoms with E-state index in [1.807, 2.05) is 30.3 Å². The van der Waals surface area contributed by atoms with E-state index in [1.165, 1.54) is 18.4 Å². The molecule has 0 fully saturated rings. The van der Waals surface area contributed by atoms with Gasteiger partial charge in [-0.15, -0.1) is 11.3 Å². The minimum Gasteiger partial charge on any atom is -0.493 e. The summed E-state index contributed by atoms with van der Waals surface area (Å²) in [6.45, 7) is 6.28. The second-order valence-corrected chi connectivity index (χ2v) is 8.08. The average molecular weight is 403 g/mol. The van der Waals surface area contributed by atoms with Gasteiger partial charge in [-0.25, -0.2) is 4.79 Å². The molecule has 1 aliphatic heterocycles. The zero-order valence-electron chi connectivity index (χ0n) is 16.5. The molecule has 6 nitrogen and oxygen atoms in total. The first kappa shape index (κ1) is 20.4. The Balaban J connectivity index is 1.68. The van der Waals surface area contributed by atoms with Crippen molar-refractivity contribution in [2.75, 3.05) is 25.6 Å². The minimum atomic E-state index is -0.397. The van der Waals surface area contributed by atoms with Crippen molar-refractivity contribution in [2.45, 2.75) is 39.3 Å². The number of ether oxygens (including phenoxy) is 2. The van der Waals surface area contributed by atoms with Crippen LogP contribution in [0.15, 0.2) is 30.3 Å². The van der Waals surface area contributed by atoms with Gasteiger partial charge in [0, 0.05) is 24.0 Å². The monoisotopic (exact) mass is 402 g/mol. The Labute approximate surface area is 169 Å². The third-order valence-electron chi connectivity index (χ3n) is 4.80. The molecule has 1 aromatic heterocycles. The third-order valence-corrected chi connectivity index (χ3v) is 5.93. The molecule has 0 unspecified atom stereocenters. The van der Waals surface area contributed by atoms with Crippen molar-refractivity contribution in [3.05, 3.63) is 46.3 Å². The molecule has 7 heteroatoms. The zero-order valence-corrected chi connectivity index (χ0v) is 17.3. The van der Waals surface area contributed by atoms with Gasteiger partial charge < -0.3 is 14.8 Å². The Kier molecular flexibility index (Phi) is 6.70. The van der Waals surface area contributed by atoms with Gasteiger partial charge in [-0.3, -0.25) is 9.69 Å². The highest BCUT2D eigenvalue weighted by molar-refractivity contribution is 7.17. The lowest BCUT2D eigenvalue weighted by Gasteiger charge is -2.30. The molecule has 1 aromatic carbocycles. The van der Waals surface area contributed by atoms with Crippen molar-refractivity contribution >= 4 is 28.2 Å². The molecule has 1 N–H and O–H groups in total. The summed E-state index contributed by atoms with van der Waals surface area (Å²) >= 11 is 1.47. The standard InChI is InChI=1S/C21H26N2O4S/c1-14(2)23-11-9-16-17(13-23)28-20(19(16)21(25)26-3)22-18(24)10-12-27-15-7-5-4-6-8-15/h4-8,14H,9-13H2,1-3H3,(H,22,24). The predicted octanol–water partition coefficient (Wildman–Crippen LogP) is 3.71. The molecule has 2 aromatic rings. The van der Waals surface area contributed by atoms with Crippen molar-refractivity contribution in [3.8, 4) is 5.75 Å². The fourth-order valence-corrected chi connectivity index (χ4v) is 4.52. The van der Waals surface area contributed by atoms with E-state index in [0.717, 1.165) is 35.7 Å². The Morgan fingerprint density at radius 2 is 2.00 bits per heavy atom. The van der Waals surface area contributed by atoms with Gasteiger partial charge in [0.15, 0.2) is 0 Å². The van der Waals surface area contributed by atoms with Crippen LogP contribution < -0.4 is 10.1 Å². The number of esters is 1. The van der Waals surface area contributed by atoms with E-state index < -0.39 is 5.97 Å². The van der Waals surface area contributed by atoms with E-state index in [9.17, 15) is 9.59 Å². The number of carbonyl (C=O) groups is 2. The lowest BCUT2D eigenvalue weighted by molar-refractivity contribution is -0.116. The third kappa shape index (κ3) is 4.72.